The van der Waals surface area contributed by atoms with E-state index in [0.29, 0.717) is 26.1 Å². The van der Waals surface area contributed by atoms with Crippen LogP contribution >= 0.6 is 0 Å². The summed E-state index contributed by atoms with van der Waals surface area (Å²) < 4.78 is 55.5. The summed E-state index contributed by atoms with van der Waals surface area (Å²) in [6.45, 7) is 2.56. The number of rotatable bonds is 7. The molecule has 2 saturated heterocycles. The highest BCUT2D eigenvalue weighted by atomic mass is 32.2. The number of hydrogen-bond donors (Lipinski definition) is 0. The van der Waals surface area contributed by atoms with Gasteiger partial charge in [-0.25, -0.2) is 16.8 Å². The van der Waals surface area contributed by atoms with E-state index >= 15 is 0 Å². The van der Waals surface area contributed by atoms with Gasteiger partial charge in [-0.2, -0.15) is 4.31 Å². The number of sulfonamides is 1. The van der Waals surface area contributed by atoms with Gasteiger partial charge in [0.2, 0.25) is 10.0 Å². The van der Waals surface area contributed by atoms with E-state index in [1.165, 1.54) is 4.31 Å². The maximum absolute atomic E-state index is 12.6. The van der Waals surface area contributed by atoms with Gasteiger partial charge >= 0.3 is 0 Å². The Labute approximate surface area is 149 Å². The Morgan fingerprint density at radius 2 is 2.12 bits per heavy atom. The first kappa shape index (κ1) is 18.8. The minimum absolute atomic E-state index is 0.0595. The van der Waals surface area contributed by atoms with Crippen LogP contribution in [-0.4, -0.2) is 62.1 Å². The lowest BCUT2D eigenvalue weighted by molar-refractivity contribution is 0.0472. The summed E-state index contributed by atoms with van der Waals surface area (Å²) in [5.41, 5.74) is 0.790. The second-order valence-electron chi connectivity index (χ2n) is 6.79. The van der Waals surface area contributed by atoms with Gasteiger partial charge in [-0.05, 0) is 25.0 Å². The molecule has 0 aromatic carbocycles. The maximum Gasteiger partial charge on any atom is 0.214 e. The minimum Gasteiger partial charge on any atom is -0.375 e. The summed E-state index contributed by atoms with van der Waals surface area (Å²) in [4.78, 5) is 4.18. The third-order valence-corrected chi connectivity index (χ3v) is 9.71. The summed E-state index contributed by atoms with van der Waals surface area (Å²) in [6.07, 6.45) is 2.73. The Morgan fingerprint density at radius 1 is 1.36 bits per heavy atom. The molecule has 0 saturated carbocycles. The molecule has 0 amide bonds. The van der Waals surface area contributed by atoms with Crippen molar-refractivity contribution in [3.63, 3.8) is 0 Å². The monoisotopic (exact) mass is 388 g/mol. The summed E-state index contributed by atoms with van der Waals surface area (Å²) in [5, 5.41) is 0. The number of ether oxygens (including phenoxy) is 1. The standard InChI is InChI=1S/C16H24N2O5S2/c1-2-8-25(21,22)18-12-16(13-18)14(6-9-24(16,19)20)10-23-11-15-5-3-4-7-17-15/h3-5,7,14H,2,6,8-13H2,1H3/t14-/m0/s1. The lowest BCUT2D eigenvalue weighted by Crippen LogP contribution is -2.68. The van der Waals surface area contributed by atoms with E-state index in [9.17, 15) is 16.8 Å². The molecule has 1 aromatic rings. The average molecular weight is 389 g/mol. The van der Waals surface area contributed by atoms with E-state index in [-0.39, 0.29) is 30.5 Å². The van der Waals surface area contributed by atoms with Crippen molar-refractivity contribution < 1.29 is 21.6 Å². The first-order chi connectivity index (χ1) is 11.8. The molecule has 2 aliphatic heterocycles. The predicted molar refractivity (Wildman–Crippen MR) is 94.2 cm³/mol. The molecule has 1 atom stereocenters. The molecular formula is C16H24N2O5S2. The zero-order chi connectivity index (χ0) is 18.1. The van der Waals surface area contributed by atoms with Gasteiger partial charge in [-0.15, -0.1) is 0 Å². The van der Waals surface area contributed by atoms with Crippen LogP contribution in [0.2, 0.25) is 0 Å². The van der Waals surface area contributed by atoms with Crippen LogP contribution < -0.4 is 0 Å². The number of sulfone groups is 1. The molecule has 1 aromatic heterocycles. The molecule has 0 N–H and O–H groups in total. The molecule has 7 nitrogen and oxygen atoms in total. The first-order valence-corrected chi connectivity index (χ1v) is 11.7. The van der Waals surface area contributed by atoms with Crippen molar-refractivity contribution in [3.8, 4) is 0 Å². The van der Waals surface area contributed by atoms with Crippen LogP contribution in [0.4, 0.5) is 0 Å². The van der Waals surface area contributed by atoms with Crippen LogP contribution in [-0.2, 0) is 31.2 Å². The molecule has 0 bridgehead atoms. The Bertz CT molecular complexity index is 802. The van der Waals surface area contributed by atoms with Gasteiger partial charge in [-0.1, -0.05) is 13.0 Å². The highest BCUT2D eigenvalue weighted by molar-refractivity contribution is 7.93. The van der Waals surface area contributed by atoms with E-state index in [2.05, 4.69) is 4.98 Å². The third kappa shape index (κ3) is 3.47. The van der Waals surface area contributed by atoms with Gasteiger partial charge in [0.1, 0.15) is 4.75 Å². The van der Waals surface area contributed by atoms with Crippen molar-refractivity contribution in [2.75, 3.05) is 31.2 Å². The van der Waals surface area contributed by atoms with Crippen LogP contribution in [0.5, 0.6) is 0 Å². The van der Waals surface area contributed by atoms with Crippen LogP contribution in [0, 0.1) is 5.92 Å². The van der Waals surface area contributed by atoms with E-state index in [1.807, 2.05) is 18.2 Å². The Balaban J connectivity index is 1.65. The molecular weight excluding hydrogens is 364 g/mol. The van der Waals surface area contributed by atoms with Crippen molar-refractivity contribution in [2.45, 2.75) is 31.1 Å². The maximum atomic E-state index is 12.6. The number of pyridine rings is 1. The fourth-order valence-corrected chi connectivity index (χ4v) is 7.82. The normalized spacial score (nSPS) is 25.1. The molecule has 0 radical (unpaired) electrons. The Morgan fingerprint density at radius 3 is 2.76 bits per heavy atom. The van der Waals surface area contributed by atoms with Crippen molar-refractivity contribution in [3.05, 3.63) is 30.1 Å². The molecule has 140 valence electrons. The molecule has 2 aliphatic rings. The molecule has 3 heterocycles. The Hall–Kier alpha value is -1.03. The van der Waals surface area contributed by atoms with Crippen LogP contribution in [0.25, 0.3) is 0 Å². The number of nitrogens with zero attached hydrogens (tertiary/aromatic N) is 2. The average Bonchev–Trinajstić information content (AvgIpc) is 2.78. The minimum atomic E-state index is -3.36. The van der Waals surface area contributed by atoms with Crippen molar-refractivity contribution in [2.24, 2.45) is 5.92 Å². The number of hydrogen-bond acceptors (Lipinski definition) is 6. The van der Waals surface area contributed by atoms with Crippen LogP contribution in [0.15, 0.2) is 24.4 Å². The zero-order valence-corrected chi connectivity index (χ0v) is 15.9. The molecule has 1 spiro atoms. The van der Waals surface area contributed by atoms with Gasteiger partial charge in [-0.3, -0.25) is 4.98 Å². The summed E-state index contributed by atoms with van der Waals surface area (Å²) in [5.74, 6) is -0.00901. The molecule has 25 heavy (non-hydrogen) atoms. The van der Waals surface area contributed by atoms with Crippen molar-refractivity contribution >= 4 is 19.9 Å². The molecule has 0 unspecified atom stereocenters. The topological polar surface area (TPSA) is 93.6 Å². The van der Waals surface area contributed by atoms with Crippen LogP contribution in [0.1, 0.15) is 25.5 Å². The molecule has 3 rings (SSSR count). The van der Waals surface area contributed by atoms with Gasteiger partial charge < -0.3 is 4.74 Å². The van der Waals surface area contributed by atoms with Gasteiger partial charge in [0.15, 0.2) is 9.84 Å². The van der Waals surface area contributed by atoms with E-state index in [4.69, 9.17) is 4.74 Å². The summed E-state index contributed by atoms with van der Waals surface area (Å²) in [6, 6.07) is 5.54. The van der Waals surface area contributed by atoms with E-state index in [1.54, 1.807) is 13.1 Å². The lowest BCUT2D eigenvalue weighted by atomic mass is 9.85. The predicted octanol–water partition coefficient (Wildman–Crippen LogP) is 0.827. The summed E-state index contributed by atoms with van der Waals surface area (Å²) in [7, 11) is -6.66. The Kier molecular flexibility index (Phi) is 5.21. The molecule has 2 fully saturated rings. The smallest absolute Gasteiger partial charge is 0.214 e. The lowest BCUT2D eigenvalue weighted by Gasteiger charge is -2.48. The highest BCUT2D eigenvalue weighted by Gasteiger charge is 2.63. The van der Waals surface area contributed by atoms with Crippen molar-refractivity contribution in [1.82, 2.24) is 9.29 Å². The van der Waals surface area contributed by atoms with Crippen molar-refractivity contribution in [1.29, 1.82) is 0 Å². The van der Waals surface area contributed by atoms with Gasteiger partial charge in [0.05, 0.1) is 30.4 Å². The fraction of sp³-hybridized carbons (Fsp3) is 0.688. The van der Waals surface area contributed by atoms with E-state index in [0.717, 1.165) is 5.69 Å². The van der Waals surface area contributed by atoms with E-state index < -0.39 is 24.6 Å². The molecule has 0 aliphatic carbocycles. The van der Waals surface area contributed by atoms with Gasteiger partial charge in [0.25, 0.3) is 0 Å². The quantitative estimate of drug-likeness (QED) is 0.687. The zero-order valence-electron chi connectivity index (χ0n) is 14.3. The fourth-order valence-electron chi connectivity index (χ4n) is 3.63. The number of aromatic nitrogens is 1. The first-order valence-electron chi connectivity index (χ1n) is 8.48. The second-order valence-corrected chi connectivity index (χ2v) is 11.3. The van der Waals surface area contributed by atoms with Gasteiger partial charge in [0, 0.05) is 25.2 Å². The largest absolute Gasteiger partial charge is 0.375 e. The second kappa shape index (κ2) is 6.94. The summed E-state index contributed by atoms with van der Waals surface area (Å²) >= 11 is 0. The molecule has 9 heteroatoms. The highest BCUT2D eigenvalue weighted by Crippen LogP contribution is 2.45. The SMILES string of the molecule is CCCS(=O)(=O)N1CC2(C1)[C@H](COCc1ccccn1)CCS2(=O)=O. The van der Waals surface area contributed by atoms with Crippen LogP contribution in [0.3, 0.4) is 0 Å². The third-order valence-electron chi connectivity index (χ3n) is 5.14.